The molecule has 1 aliphatic rings. The average molecular weight is 609 g/mol. The lowest BCUT2D eigenvalue weighted by Crippen LogP contribution is -2.50. The van der Waals surface area contributed by atoms with E-state index in [-0.39, 0.29) is 17.9 Å². The first-order valence-corrected chi connectivity index (χ1v) is 13.7. The maximum atomic E-state index is 16.5. The van der Waals surface area contributed by atoms with Gasteiger partial charge in [-0.2, -0.15) is 0 Å². The molecule has 1 aliphatic heterocycles. The van der Waals surface area contributed by atoms with Crippen molar-refractivity contribution in [2.45, 2.75) is 57.1 Å². The molecule has 13 nitrogen and oxygen atoms in total. The lowest BCUT2D eigenvalue weighted by Gasteiger charge is -2.29. The molecular formula is C26H26F2N3O10P. The number of aromatic nitrogens is 2. The number of carbonyl (C=O) groups is 2. The second-order valence-electron chi connectivity index (χ2n) is 9.51. The predicted octanol–water partition coefficient (Wildman–Crippen LogP) is 2.72. The Morgan fingerprint density at radius 1 is 1.24 bits per heavy atom. The van der Waals surface area contributed by atoms with Crippen LogP contribution < -0.4 is 25.4 Å². The number of aromatic amines is 1. The Hall–Kier alpha value is -4.20. The summed E-state index contributed by atoms with van der Waals surface area (Å²) in [6.07, 6.45) is -3.57. The summed E-state index contributed by atoms with van der Waals surface area (Å²) in [5.74, 6) is -5.89. The number of carboxylic acids is 1. The van der Waals surface area contributed by atoms with E-state index in [0.717, 1.165) is 19.2 Å². The quantitative estimate of drug-likeness (QED) is 0.256. The number of alkyl halides is 2. The van der Waals surface area contributed by atoms with Crippen LogP contribution in [0.1, 0.15) is 33.4 Å². The number of esters is 1. The van der Waals surface area contributed by atoms with Crippen LogP contribution in [0.5, 0.6) is 11.5 Å². The van der Waals surface area contributed by atoms with E-state index < -0.39 is 67.9 Å². The number of H-pyrrole nitrogens is 1. The maximum absolute atomic E-state index is 16.5. The highest BCUT2D eigenvalue weighted by Crippen LogP contribution is 2.50. The van der Waals surface area contributed by atoms with E-state index in [1.54, 1.807) is 30.3 Å². The number of carboxylic acid groups (broad SMARTS) is 1. The third-order valence-electron chi connectivity index (χ3n) is 6.40. The molecule has 2 aromatic carbocycles. The minimum Gasteiger partial charge on any atom is -0.575 e. The van der Waals surface area contributed by atoms with Gasteiger partial charge in [0, 0.05) is 24.1 Å². The lowest BCUT2D eigenvalue weighted by atomic mass is 9.96. The highest BCUT2D eigenvalue weighted by atomic mass is 31.1. The summed E-state index contributed by atoms with van der Waals surface area (Å²) in [5.41, 5.74) is -4.73. The molecule has 0 radical (unpaired) electrons. The summed E-state index contributed by atoms with van der Waals surface area (Å²) in [6.45, 7) is 2.35. The number of benzene rings is 2. The molecule has 1 aromatic heterocycles. The average Bonchev–Trinajstić information content (AvgIpc) is 3.13. The monoisotopic (exact) mass is 609 g/mol. The molecular weight excluding hydrogens is 583 g/mol. The van der Waals surface area contributed by atoms with Crippen molar-refractivity contribution >= 4 is 30.9 Å². The van der Waals surface area contributed by atoms with E-state index in [1.807, 2.05) is 4.98 Å². The second-order valence-corrected chi connectivity index (χ2v) is 10.4. The van der Waals surface area contributed by atoms with Gasteiger partial charge in [-0.15, -0.1) is 0 Å². The molecule has 1 unspecified atom stereocenters. The summed E-state index contributed by atoms with van der Waals surface area (Å²) in [4.78, 5) is 61.7. The van der Waals surface area contributed by atoms with E-state index in [4.69, 9.17) is 23.8 Å². The highest BCUT2D eigenvalue weighted by Gasteiger charge is 2.67. The normalized spacial score (nSPS) is 24.8. The van der Waals surface area contributed by atoms with Gasteiger partial charge in [-0.25, -0.2) is 18.4 Å². The van der Waals surface area contributed by atoms with Gasteiger partial charge in [0.1, 0.15) is 0 Å². The van der Waals surface area contributed by atoms with Crippen LogP contribution >= 0.6 is 8.17 Å². The SMILES string of the molecule is CCC(=O)O[C@H]1[C@@](C)(F)[C@H](n2ccc(=O)[nH]c2=O)O[C@]1(F)COc1ccc2ccccc2c1O[P+]([O-])=N[C@@H](C)C(=O)O. The smallest absolute Gasteiger partial charge is 0.395 e. The van der Waals surface area contributed by atoms with Crippen molar-refractivity contribution < 1.29 is 47.1 Å². The van der Waals surface area contributed by atoms with E-state index in [0.29, 0.717) is 15.3 Å². The first-order chi connectivity index (χ1) is 19.8. The zero-order valence-corrected chi connectivity index (χ0v) is 23.4. The molecule has 224 valence electrons. The number of fused-ring (bicyclic) bond motifs is 1. The van der Waals surface area contributed by atoms with E-state index in [9.17, 15) is 24.1 Å². The standard InChI is InChI=1S/C26H26F2N3O10P/c1-4-19(33)39-22-25(3,27)23(31-12-11-18(32)29-24(31)36)40-26(22,28)13-38-17-10-9-15-7-5-6-8-16(15)20(17)41-42(37)30-14(2)21(34)35/h5-12,14,22-23H,4,13H2,1-3H3,(H,34,35)(H,29,32,36)/t14-,22-,23+,25+,26+/m0/s1. The van der Waals surface area contributed by atoms with E-state index in [2.05, 4.69) is 4.74 Å². The summed E-state index contributed by atoms with van der Waals surface area (Å²) in [6, 6.07) is 9.04. The van der Waals surface area contributed by atoms with Crippen LogP contribution in [0.2, 0.25) is 0 Å². The number of nitrogens with zero attached hydrogens (tertiary/aromatic N) is 2. The summed E-state index contributed by atoms with van der Waals surface area (Å²) in [7, 11) is -2.94. The Morgan fingerprint density at radius 2 is 1.95 bits per heavy atom. The van der Waals surface area contributed by atoms with Crippen LogP contribution in [-0.4, -0.2) is 56.9 Å². The van der Waals surface area contributed by atoms with Crippen molar-refractivity contribution in [1.82, 2.24) is 9.55 Å². The zero-order chi connectivity index (χ0) is 30.8. The van der Waals surface area contributed by atoms with E-state index in [1.165, 1.54) is 19.9 Å². The molecule has 0 bridgehead atoms. The largest absolute Gasteiger partial charge is 0.575 e. The van der Waals surface area contributed by atoms with Crippen molar-refractivity contribution in [1.29, 1.82) is 0 Å². The molecule has 4 rings (SSSR count). The topological polar surface area (TPSA) is 182 Å². The number of hydrogen-bond donors (Lipinski definition) is 2. The second kappa shape index (κ2) is 12.0. The van der Waals surface area contributed by atoms with E-state index >= 15 is 8.78 Å². The van der Waals surface area contributed by atoms with Gasteiger partial charge < -0.3 is 24.2 Å². The molecule has 1 fully saturated rings. The van der Waals surface area contributed by atoms with Crippen molar-refractivity contribution in [3.63, 3.8) is 0 Å². The fourth-order valence-corrected chi connectivity index (χ4v) is 5.05. The van der Waals surface area contributed by atoms with Crippen molar-refractivity contribution in [3.05, 3.63) is 69.5 Å². The van der Waals surface area contributed by atoms with Crippen molar-refractivity contribution in [3.8, 4) is 11.5 Å². The number of ether oxygens (including phenoxy) is 3. The summed E-state index contributed by atoms with van der Waals surface area (Å²) < 4.78 is 58.5. The third-order valence-corrected chi connectivity index (χ3v) is 7.27. The first kappa shape index (κ1) is 30.8. The van der Waals surface area contributed by atoms with Crippen LogP contribution in [0, 0.1) is 0 Å². The lowest BCUT2D eigenvalue weighted by molar-refractivity contribution is -0.214. The number of rotatable bonds is 10. The number of hydrogen-bond acceptors (Lipinski definition) is 10. The molecule has 0 aliphatic carbocycles. The third kappa shape index (κ3) is 6.17. The molecule has 16 heteroatoms. The molecule has 1 saturated heterocycles. The molecule has 3 aromatic rings. The Balaban J connectivity index is 1.73. The van der Waals surface area contributed by atoms with Crippen LogP contribution in [0.4, 0.5) is 8.78 Å². The van der Waals surface area contributed by atoms with Gasteiger partial charge in [0.25, 0.3) is 11.4 Å². The van der Waals surface area contributed by atoms with Crippen molar-refractivity contribution in [2.75, 3.05) is 6.61 Å². The Kier molecular flexibility index (Phi) is 8.76. The summed E-state index contributed by atoms with van der Waals surface area (Å²) in [5, 5.41) is 10.0. The number of halogens is 2. The molecule has 0 amide bonds. The van der Waals surface area contributed by atoms with Crippen LogP contribution in [0.3, 0.4) is 0 Å². The Bertz CT molecular complexity index is 1660. The number of carbonyl (C=O) groups excluding carboxylic acids is 1. The first-order valence-electron chi connectivity index (χ1n) is 12.6. The van der Waals surface area contributed by atoms with Gasteiger partial charge in [0.2, 0.25) is 11.9 Å². The zero-order valence-electron chi connectivity index (χ0n) is 22.5. The predicted molar refractivity (Wildman–Crippen MR) is 141 cm³/mol. The molecule has 2 N–H and O–H groups in total. The fourth-order valence-electron chi connectivity index (χ4n) is 4.28. The highest BCUT2D eigenvalue weighted by molar-refractivity contribution is 7.34. The van der Waals surface area contributed by atoms with Crippen molar-refractivity contribution in [2.24, 2.45) is 4.74 Å². The Labute approximate surface area is 237 Å². The molecule has 42 heavy (non-hydrogen) atoms. The van der Waals surface area contributed by atoms with Gasteiger partial charge in [0.05, 0.1) is 0 Å². The number of aliphatic carboxylic acids is 1. The van der Waals surface area contributed by atoms with Gasteiger partial charge >= 0.3 is 25.8 Å². The minimum absolute atomic E-state index is 0.185. The molecule has 0 spiro atoms. The fraction of sp³-hybridized carbons (Fsp3) is 0.385. The molecule has 0 saturated carbocycles. The van der Waals surface area contributed by atoms with Crippen LogP contribution in [0.15, 0.2) is 63.0 Å². The number of nitrogens with one attached hydrogen (secondary N) is 1. The van der Waals surface area contributed by atoms with Gasteiger partial charge in [0.15, 0.2) is 30.3 Å². The maximum Gasteiger partial charge on any atom is 0.395 e. The van der Waals surface area contributed by atoms with Crippen LogP contribution in [0.25, 0.3) is 10.8 Å². The minimum atomic E-state index is -3.19. The summed E-state index contributed by atoms with van der Waals surface area (Å²) >= 11 is 0. The molecule has 6 atom stereocenters. The van der Waals surface area contributed by atoms with Crippen LogP contribution in [-0.2, 0) is 19.1 Å². The van der Waals surface area contributed by atoms with Gasteiger partial charge in [-0.05, 0) is 25.3 Å². The molecule has 2 heterocycles. The Morgan fingerprint density at radius 3 is 2.62 bits per heavy atom. The van der Waals surface area contributed by atoms with Gasteiger partial charge in [-0.1, -0.05) is 42.0 Å². The van der Waals surface area contributed by atoms with Gasteiger partial charge in [-0.3, -0.25) is 23.7 Å².